The number of nitrogens with one attached hydrogen (secondary N) is 1. The number of rotatable bonds is 7. The van der Waals surface area contributed by atoms with Crippen LogP contribution in [0.25, 0.3) is 0 Å². The molecule has 1 unspecified atom stereocenters. The molecule has 0 fully saturated rings. The number of hydrogen-bond acceptors (Lipinski definition) is 4. The van der Waals surface area contributed by atoms with Crippen LogP contribution < -0.4 is 10.1 Å². The zero-order valence-corrected chi connectivity index (χ0v) is 11.9. The molecule has 20 heavy (non-hydrogen) atoms. The zero-order valence-electron chi connectivity index (χ0n) is 11.9. The van der Waals surface area contributed by atoms with E-state index in [9.17, 15) is 0 Å². The van der Waals surface area contributed by atoms with E-state index < -0.39 is 0 Å². The summed E-state index contributed by atoms with van der Waals surface area (Å²) in [5, 5.41) is 11.4. The first-order chi connectivity index (χ1) is 9.72. The third-order valence-electron chi connectivity index (χ3n) is 3.06. The van der Waals surface area contributed by atoms with Crippen LogP contribution in [0.15, 0.2) is 43.2 Å². The summed E-state index contributed by atoms with van der Waals surface area (Å²) in [6.45, 7) is 6.95. The van der Waals surface area contributed by atoms with Crippen molar-refractivity contribution in [3.05, 3.63) is 54.6 Å². The van der Waals surface area contributed by atoms with Gasteiger partial charge in [0, 0.05) is 19.2 Å². The highest BCUT2D eigenvalue weighted by molar-refractivity contribution is 5.33. The standard InChI is InChI=1S/C15H20N4O/c1-4-9-20-14-8-6-5-7-13(14)10-16-12(2)15-18-17-11-19(15)3/h4-8,11-12,16H,1,9-10H2,2-3H3. The molecule has 1 aromatic heterocycles. The molecule has 1 atom stereocenters. The number of nitrogens with zero attached hydrogens (tertiary/aromatic N) is 3. The third-order valence-corrected chi connectivity index (χ3v) is 3.06. The minimum Gasteiger partial charge on any atom is -0.489 e. The van der Waals surface area contributed by atoms with Gasteiger partial charge in [0.15, 0.2) is 0 Å². The van der Waals surface area contributed by atoms with Gasteiger partial charge in [0.2, 0.25) is 0 Å². The summed E-state index contributed by atoms with van der Waals surface area (Å²) >= 11 is 0. The highest BCUT2D eigenvalue weighted by atomic mass is 16.5. The highest BCUT2D eigenvalue weighted by Gasteiger charge is 2.11. The van der Waals surface area contributed by atoms with E-state index in [1.165, 1.54) is 0 Å². The lowest BCUT2D eigenvalue weighted by Crippen LogP contribution is -2.21. The smallest absolute Gasteiger partial charge is 0.149 e. The van der Waals surface area contributed by atoms with Crippen LogP contribution in [0, 0.1) is 0 Å². The second-order valence-corrected chi connectivity index (χ2v) is 4.61. The monoisotopic (exact) mass is 272 g/mol. The molecular weight excluding hydrogens is 252 g/mol. The summed E-state index contributed by atoms with van der Waals surface area (Å²) in [6.07, 6.45) is 3.45. The van der Waals surface area contributed by atoms with Crippen molar-refractivity contribution in [3.63, 3.8) is 0 Å². The van der Waals surface area contributed by atoms with E-state index in [2.05, 4.69) is 35.1 Å². The van der Waals surface area contributed by atoms with Crippen LogP contribution in [0.3, 0.4) is 0 Å². The van der Waals surface area contributed by atoms with Gasteiger partial charge >= 0.3 is 0 Å². The van der Waals surface area contributed by atoms with Gasteiger partial charge in [0.05, 0.1) is 6.04 Å². The largest absolute Gasteiger partial charge is 0.489 e. The van der Waals surface area contributed by atoms with Crippen LogP contribution in [0.1, 0.15) is 24.4 Å². The van der Waals surface area contributed by atoms with Gasteiger partial charge in [-0.2, -0.15) is 0 Å². The maximum absolute atomic E-state index is 5.64. The van der Waals surface area contributed by atoms with Gasteiger partial charge in [0.1, 0.15) is 24.5 Å². The average molecular weight is 272 g/mol. The van der Waals surface area contributed by atoms with Gasteiger partial charge in [-0.25, -0.2) is 0 Å². The molecule has 1 aromatic carbocycles. The van der Waals surface area contributed by atoms with Crippen molar-refractivity contribution in [2.24, 2.45) is 7.05 Å². The summed E-state index contributed by atoms with van der Waals surface area (Å²) in [5.41, 5.74) is 1.11. The van der Waals surface area contributed by atoms with E-state index in [1.54, 1.807) is 12.4 Å². The molecule has 2 rings (SSSR count). The number of ether oxygens (including phenoxy) is 1. The predicted molar refractivity (Wildman–Crippen MR) is 78.4 cm³/mol. The van der Waals surface area contributed by atoms with Crippen molar-refractivity contribution >= 4 is 0 Å². The molecular formula is C15H20N4O. The summed E-state index contributed by atoms with van der Waals surface area (Å²) in [4.78, 5) is 0. The maximum atomic E-state index is 5.64. The molecule has 0 aliphatic heterocycles. The number of aryl methyl sites for hydroxylation is 1. The Morgan fingerprint density at radius 1 is 1.45 bits per heavy atom. The van der Waals surface area contributed by atoms with Crippen molar-refractivity contribution in [3.8, 4) is 5.75 Å². The van der Waals surface area contributed by atoms with Crippen molar-refractivity contribution in [2.75, 3.05) is 6.61 Å². The Hall–Kier alpha value is -2.14. The fourth-order valence-corrected chi connectivity index (χ4v) is 1.98. The minimum absolute atomic E-state index is 0.120. The predicted octanol–water partition coefficient (Wildman–Crippen LogP) is 2.23. The topological polar surface area (TPSA) is 52.0 Å². The summed E-state index contributed by atoms with van der Waals surface area (Å²) in [5.74, 6) is 1.79. The average Bonchev–Trinajstić information content (AvgIpc) is 2.89. The molecule has 5 heteroatoms. The molecule has 0 spiro atoms. The van der Waals surface area contributed by atoms with Gasteiger partial charge in [0.25, 0.3) is 0 Å². The number of hydrogen-bond donors (Lipinski definition) is 1. The molecule has 0 aliphatic carbocycles. The van der Waals surface area contributed by atoms with Gasteiger partial charge < -0.3 is 14.6 Å². The summed E-state index contributed by atoms with van der Waals surface area (Å²) < 4.78 is 7.56. The Bertz CT molecular complexity index is 565. The highest BCUT2D eigenvalue weighted by Crippen LogP contribution is 2.19. The molecule has 0 radical (unpaired) electrons. The molecule has 0 bridgehead atoms. The molecule has 1 heterocycles. The summed E-state index contributed by atoms with van der Waals surface area (Å²) in [7, 11) is 1.94. The van der Waals surface area contributed by atoms with E-state index in [1.807, 2.05) is 29.8 Å². The Balaban J connectivity index is 2.00. The van der Waals surface area contributed by atoms with E-state index in [0.29, 0.717) is 13.2 Å². The quantitative estimate of drug-likeness (QED) is 0.785. The molecule has 2 aromatic rings. The van der Waals surface area contributed by atoms with Crippen molar-refractivity contribution in [1.82, 2.24) is 20.1 Å². The lowest BCUT2D eigenvalue weighted by atomic mass is 10.2. The van der Waals surface area contributed by atoms with E-state index in [0.717, 1.165) is 17.1 Å². The van der Waals surface area contributed by atoms with Crippen LogP contribution in [-0.4, -0.2) is 21.4 Å². The van der Waals surface area contributed by atoms with E-state index >= 15 is 0 Å². The second kappa shape index (κ2) is 6.86. The molecule has 1 N–H and O–H groups in total. The maximum Gasteiger partial charge on any atom is 0.149 e. The van der Waals surface area contributed by atoms with Crippen LogP contribution >= 0.6 is 0 Å². The Kier molecular flexibility index (Phi) is 4.90. The molecule has 0 saturated carbocycles. The Morgan fingerprint density at radius 2 is 2.25 bits per heavy atom. The van der Waals surface area contributed by atoms with Gasteiger partial charge in [-0.1, -0.05) is 30.9 Å². The van der Waals surface area contributed by atoms with Crippen molar-refractivity contribution in [1.29, 1.82) is 0 Å². The van der Waals surface area contributed by atoms with Crippen LogP contribution in [-0.2, 0) is 13.6 Å². The Morgan fingerprint density at radius 3 is 2.95 bits per heavy atom. The second-order valence-electron chi connectivity index (χ2n) is 4.61. The molecule has 106 valence electrons. The van der Waals surface area contributed by atoms with E-state index in [-0.39, 0.29) is 6.04 Å². The van der Waals surface area contributed by atoms with Crippen molar-refractivity contribution < 1.29 is 4.74 Å². The third kappa shape index (κ3) is 3.45. The van der Waals surface area contributed by atoms with E-state index in [4.69, 9.17) is 4.74 Å². The lowest BCUT2D eigenvalue weighted by molar-refractivity contribution is 0.356. The first kappa shape index (κ1) is 14.3. The fraction of sp³-hybridized carbons (Fsp3) is 0.333. The van der Waals surface area contributed by atoms with Crippen LogP contribution in [0.4, 0.5) is 0 Å². The van der Waals surface area contributed by atoms with Crippen LogP contribution in [0.2, 0.25) is 0 Å². The first-order valence-electron chi connectivity index (χ1n) is 6.61. The van der Waals surface area contributed by atoms with Gasteiger partial charge in [-0.05, 0) is 13.0 Å². The molecule has 0 aliphatic rings. The SMILES string of the molecule is C=CCOc1ccccc1CNC(C)c1nncn1C. The molecule has 0 saturated heterocycles. The number of aromatic nitrogens is 3. The van der Waals surface area contributed by atoms with Crippen LogP contribution in [0.5, 0.6) is 5.75 Å². The molecule has 0 amide bonds. The first-order valence-corrected chi connectivity index (χ1v) is 6.61. The zero-order chi connectivity index (χ0) is 14.4. The molecule has 5 nitrogen and oxygen atoms in total. The number of benzene rings is 1. The minimum atomic E-state index is 0.120. The van der Waals surface area contributed by atoms with Gasteiger partial charge in [-0.3, -0.25) is 0 Å². The number of para-hydroxylation sites is 1. The lowest BCUT2D eigenvalue weighted by Gasteiger charge is -2.15. The van der Waals surface area contributed by atoms with Gasteiger partial charge in [-0.15, -0.1) is 10.2 Å². The fourth-order valence-electron chi connectivity index (χ4n) is 1.98. The Labute approximate surface area is 119 Å². The van der Waals surface area contributed by atoms with Crippen molar-refractivity contribution in [2.45, 2.75) is 19.5 Å². The summed E-state index contributed by atoms with van der Waals surface area (Å²) in [6, 6.07) is 8.11. The normalized spacial score (nSPS) is 12.1.